The van der Waals surface area contributed by atoms with E-state index in [9.17, 15) is 13.2 Å². The van der Waals surface area contributed by atoms with Gasteiger partial charge in [0.15, 0.2) is 0 Å². The molecular weight excluding hydrogens is 348 g/mol. The molecule has 1 aromatic heterocycles. The minimum atomic E-state index is -3.81. The summed E-state index contributed by atoms with van der Waals surface area (Å²) in [6.07, 6.45) is 0.281. The van der Waals surface area contributed by atoms with Gasteiger partial charge in [-0.1, -0.05) is 36.5 Å². The largest absolute Gasteiger partial charge is 0.301 e. The Bertz CT molecular complexity index is 846. The molecule has 0 saturated carbocycles. The number of aromatic nitrogens is 2. The van der Waals surface area contributed by atoms with E-state index in [1.54, 1.807) is 13.8 Å². The predicted molar refractivity (Wildman–Crippen MR) is 93.5 cm³/mol. The van der Waals surface area contributed by atoms with Gasteiger partial charge in [0, 0.05) is 12.5 Å². The van der Waals surface area contributed by atoms with Crippen LogP contribution in [-0.2, 0) is 14.8 Å². The van der Waals surface area contributed by atoms with Crippen LogP contribution in [0.2, 0.25) is 0 Å². The zero-order valence-electron chi connectivity index (χ0n) is 14.0. The first-order valence-electron chi connectivity index (χ1n) is 7.45. The molecule has 2 aromatic rings. The number of anilines is 1. The maximum atomic E-state index is 12.4. The maximum absolute atomic E-state index is 12.4. The first kappa shape index (κ1) is 18.5. The number of nitrogens with zero attached hydrogens (tertiary/aromatic N) is 2. The van der Waals surface area contributed by atoms with E-state index in [4.69, 9.17) is 0 Å². The van der Waals surface area contributed by atoms with Crippen LogP contribution < -0.4 is 10.0 Å². The SMILES string of the molecule is CCC(=O)Nc1nnc(S(=O)(=O)NC(C)c2ccc(C)c(C)c2)s1. The minimum Gasteiger partial charge on any atom is -0.301 e. The van der Waals surface area contributed by atoms with Gasteiger partial charge >= 0.3 is 0 Å². The van der Waals surface area contributed by atoms with E-state index in [0.717, 1.165) is 28.0 Å². The van der Waals surface area contributed by atoms with Crippen LogP contribution in [0.3, 0.4) is 0 Å². The zero-order chi connectivity index (χ0) is 17.9. The van der Waals surface area contributed by atoms with Gasteiger partial charge in [0.05, 0.1) is 0 Å². The van der Waals surface area contributed by atoms with Gasteiger partial charge in [-0.05, 0) is 37.5 Å². The number of benzene rings is 1. The number of amides is 1. The van der Waals surface area contributed by atoms with E-state index >= 15 is 0 Å². The van der Waals surface area contributed by atoms with Crippen LogP contribution in [0.5, 0.6) is 0 Å². The van der Waals surface area contributed by atoms with E-state index in [-0.39, 0.29) is 21.8 Å². The Morgan fingerprint density at radius 3 is 2.58 bits per heavy atom. The van der Waals surface area contributed by atoms with E-state index < -0.39 is 16.1 Å². The lowest BCUT2D eigenvalue weighted by atomic mass is 10.0. The summed E-state index contributed by atoms with van der Waals surface area (Å²) in [5, 5.41) is 10.0. The Kier molecular flexibility index (Phi) is 5.68. The lowest BCUT2D eigenvalue weighted by Crippen LogP contribution is -2.26. The molecule has 24 heavy (non-hydrogen) atoms. The van der Waals surface area contributed by atoms with Crippen molar-refractivity contribution in [2.45, 2.75) is 44.5 Å². The molecule has 0 aliphatic rings. The van der Waals surface area contributed by atoms with Crippen LogP contribution in [-0.4, -0.2) is 24.5 Å². The van der Waals surface area contributed by atoms with E-state index in [2.05, 4.69) is 20.2 Å². The van der Waals surface area contributed by atoms with Crippen LogP contribution in [0, 0.1) is 13.8 Å². The molecule has 1 atom stereocenters. The van der Waals surface area contributed by atoms with Crippen molar-refractivity contribution in [1.82, 2.24) is 14.9 Å². The second kappa shape index (κ2) is 7.37. The quantitative estimate of drug-likeness (QED) is 0.763. The van der Waals surface area contributed by atoms with Gasteiger partial charge in [-0.15, -0.1) is 10.2 Å². The molecule has 2 N–H and O–H groups in total. The van der Waals surface area contributed by atoms with Crippen molar-refractivity contribution in [3.63, 3.8) is 0 Å². The lowest BCUT2D eigenvalue weighted by molar-refractivity contribution is -0.115. The number of carbonyl (C=O) groups is 1. The van der Waals surface area contributed by atoms with Crippen LogP contribution in [0.4, 0.5) is 5.13 Å². The smallest absolute Gasteiger partial charge is 0.270 e. The summed E-state index contributed by atoms with van der Waals surface area (Å²) < 4.78 is 27.2. The van der Waals surface area contributed by atoms with Crippen LogP contribution in [0.1, 0.15) is 43.0 Å². The molecule has 1 amide bonds. The van der Waals surface area contributed by atoms with Crippen LogP contribution in [0.15, 0.2) is 22.5 Å². The summed E-state index contributed by atoms with van der Waals surface area (Å²) in [6.45, 7) is 7.44. The number of hydrogen-bond donors (Lipinski definition) is 2. The van der Waals surface area contributed by atoms with Gasteiger partial charge in [-0.25, -0.2) is 13.1 Å². The molecule has 7 nitrogen and oxygen atoms in total. The topological polar surface area (TPSA) is 101 Å². The van der Waals surface area contributed by atoms with Gasteiger partial charge in [-0.3, -0.25) is 4.79 Å². The van der Waals surface area contributed by atoms with Crippen molar-refractivity contribution < 1.29 is 13.2 Å². The standard InChI is InChI=1S/C15H20N4O3S2/c1-5-13(20)16-14-17-18-15(23-14)24(21,22)19-11(4)12-7-6-9(2)10(3)8-12/h6-8,11,19H,5H2,1-4H3,(H,16,17,20). The molecule has 1 aromatic carbocycles. The molecule has 1 unspecified atom stereocenters. The summed E-state index contributed by atoms with van der Waals surface area (Å²) in [5.41, 5.74) is 3.11. The number of aryl methyl sites for hydroxylation is 2. The predicted octanol–water partition coefficient (Wildman–Crippen LogP) is 2.54. The highest BCUT2D eigenvalue weighted by Gasteiger charge is 2.23. The third-order valence-corrected chi connectivity index (χ3v) is 6.31. The molecule has 2 rings (SSSR count). The molecule has 9 heteroatoms. The monoisotopic (exact) mass is 368 g/mol. The molecule has 0 aliphatic heterocycles. The zero-order valence-corrected chi connectivity index (χ0v) is 15.6. The van der Waals surface area contributed by atoms with Gasteiger partial charge in [0.25, 0.3) is 10.0 Å². The highest BCUT2D eigenvalue weighted by atomic mass is 32.2. The average Bonchev–Trinajstić information content (AvgIpc) is 2.98. The van der Waals surface area contributed by atoms with Gasteiger partial charge < -0.3 is 5.32 Å². The van der Waals surface area contributed by atoms with Crippen molar-refractivity contribution in [3.05, 3.63) is 34.9 Å². The normalized spacial score (nSPS) is 12.8. The molecule has 0 aliphatic carbocycles. The molecule has 0 bridgehead atoms. The number of sulfonamides is 1. The maximum Gasteiger partial charge on any atom is 0.270 e. The third kappa shape index (κ3) is 4.37. The number of hydrogen-bond acceptors (Lipinski definition) is 6. The minimum absolute atomic E-state index is 0.168. The van der Waals surface area contributed by atoms with E-state index in [0.29, 0.717) is 0 Å². The number of nitrogens with one attached hydrogen (secondary N) is 2. The second-order valence-electron chi connectivity index (χ2n) is 5.46. The fraction of sp³-hybridized carbons (Fsp3) is 0.400. The molecule has 0 saturated heterocycles. The van der Waals surface area contributed by atoms with E-state index in [1.165, 1.54) is 0 Å². The first-order valence-corrected chi connectivity index (χ1v) is 9.75. The third-order valence-electron chi connectivity index (χ3n) is 3.57. The Labute approximate surface area is 145 Å². The summed E-state index contributed by atoms with van der Waals surface area (Å²) >= 11 is 0.822. The summed E-state index contributed by atoms with van der Waals surface area (Å²) in [6, 6.07) is 5.39. The van der Waals surface area contributed by atoms with E-state index in [1.807, 2.05) is 32.0 Å². The fourth-order valence-corrected chi connectivity index (χ4v) is 4.13. The van der Waals surface area contributed by atoms with Crippen molar-refractivity contribution >= 4 is 32.4 Å². The summed E-state index contributed by atoms with van der Waals surface area (Å²) in [4.78, 5) is 11.3. The molecule has 130 valence electrons. The Morgan fingerprint density at radius 2 is 1.96 bits per heavy atom. The van der Waals surface area contributed by atoms with Gasteiger partial charge in [0.1, 0.15) is 0 Å². The van der Waals surface area contributed by atoms with Crippen molar-refractivity contribution in [2.75, 3.05) is 5.32 Å². The highest BCUT2D eigenvalue weighted by molar-refractivity contribution is 7.91. The highest BCUT2D eigenvalue weighted by Crippen LogP contribution is 2.23. The van der Waals surface area contributed by atoms with Gasteiger partial charge in [0.2, 0.25) is 15.4 Å². The summed E-state index contributed by atoms with van der Waals surface area (Å²) in [5.74, 6) is -0.244. The van der Waals surface area contributed by atoms with Crippen LogP contribution in [0.25, 0.3) is 0 Å². The Balaban J connectivity index is 2.15. The van der Waals surface area contributed by atoms with Crippen molar-refractivity contribution in [2.24, 2.45) is 0 Å². The molecule has 0 radical (unpaired) electrons. The van der Waals surface area contributed by atoms with Crippen molar-refractivity contribution in [3.8, 4) is 0 Å². The molecular formula is C15H20N4O3S2. The average molecular weight is 368 g/mol. The summed E-state index contributed by atoms with van der Waals surface area (Å²) in [7, 11) is -3.81. The molecule has 0 fully saturated rings. The molecule has 1 heterocycles. The second-order valence-corrected chi connectivity index (χ2v) is 8.33. The Hall–Kier alpha value is -1.84. The lowest BCUT2D eigenvalue weighted by Gasteiger charge is -2.14. The van der Waals surface area contributed by atoms with Crippen LogP contribution >= 0.6 is 11.3 Å². The number of carbonyl (C=O) groups excluding carboxylic acids is 1. The molecule has 0 spiro atoms. The van der Waals surface area contributed by atoms with Crippen molar-refractivity contribution in [1.29, 1.82) is 0 Å². The Morgan fingerprint density at radius 1 is 1.25 bits per heavy atom. The van der Waals surface area contributed by atoms with Gasteiger partial charge in [-0.2, -0.15) is 0 Å². The fourth-order valence-electron chi connectivity index (χ4n) is 1.96. The first-order chi connectivity index (χ1) is 11.2. The number of rotatable bonds is 6.